The van der Waals surface area contributed by atoms with E-state index in [0.717, 1.165) is 15.6 Å². The second kappa shape index (κ2) is 6.47. The maximum Gasteiger partial charge on any atom is 0.251 e. The standard InChI is InChI=1S/C17H17BrFN3O2/c1-10(19)24-15-13(5-11-7-20-9-21-8-11)16(23)22-17(2)4-3-12(18)6-14(15)17/h3,6-10H,4-5H2,1-2H3,(H,22,23). The van der Waals surface area contributed by atoms with Gasteiger partial charge in [0.1, 0.15) is 12.1 Å². The highest BCUT2D eigenvalue weighted by molar-refractivity contribution is 9.11. The van der Waals surface area contributed by atoms with Crippen LogP contribution in [0, 0.1) is 0 Å². The van der Waals surface area contributed by atoms with E-state index in [1.807, 2.05) is 19.1 Å². The first-order chi connectivity index (χ1) is 11.4. The lowest BCUT2D eigenvalue weighted by atomic mass is 9.78. The lowest BCUT2D eigenvalue weighted by molar-refractivity contribution is -0.120. The number of hydrogen-bond donors (Lipinski definition) is 1. The molecular weight excluding hydrogens is 377 g/mol. The van der Waals surface area contributed by atoms with Crippen LogP contribution in [0.1, 0.15) is 25.8 Å². The van der Waals surface area contributed by atoms with Crippen LogP contribution in [0.4, 0.5) is 4.39 Å². The highest BCUT2D eigenvalue weighted by Crippen LogP contribution is 2.40. The Kier molecular flexibility index (Phi) is 4.54. The molecule has 0 aromatic carbocycles. The topological polar surface area (TPSA) is 64.1 Å². The van der Waals surface area contributed by atoms with Gasteiger partial charge in [0.05, 0.1) is 11.1 Å². The van der Waals surface area contributed by atoms with E-state index in [9.17, 15) is 9.18 Å². The molecule has 2 heterocycles. The molecule has 0 saturated heterocycles. The van der Waals surface area contributed by atoms with Crippen molar-refractivity contribution in [1.29, 1.82) is 0 Å². The number of aromatic nitrogens is 2. The van der Waals surface area contributed by atoms with Gasteiger partial charge in [-0.1, -0.05) is 22.0 Å². The van der Waals surface area contributed by atoms with Gasteiger partial charge >= 0.3 is 0 Å². The Morgan fingerprint density at radius 3 is 2.83 bits per heavy atom. The third-order valence-corrected chi connectivity index (χ3v) is 4.59. The maximum absolute atomic E-state index is 13.6. The van der Waals surface area contributed by atoms with Crippen LogP contribution in [0.15, 0.2) is 52.3 Å². The zero-order chi connectivity index (χ0) is 17.3. The van der Waals surface area contributed by atoms with Crippen LogP contribution in [0.3, 0.4) is 0 Å². The lowest BCUT2D eigenvalue weighted by Gasteiger charge is -2.40. The van der Waals surface area contributed by atoms with E-state index in [1.54, 1.807) is 12.4 Å². The lowest BCUT2D eigenvalue weighted by Crippen LogP contribution is -2.53. The van der Waals surface area contributed by atoms with Crippen LogP contribution in [0.5, 0.6) is 0 Å². The molecule has 1 aromatic rings. The van der Waals surface area contributed by atoms with Crippen molar-refractivity contribution >= 4 is 21.8 Å². The van der Waals surface area contributed by atoms with Crippen molar-refractivity contribution in [3.8, 4) is 0 Å². The normalized spacial score (nSPS) is 24.6. The van der Waals surface area contributed by atoms with Crippen molar-refractivity contribution in [2.75, 3.05) is 0 Å². The molecule has 0 radical (unpaired) electrons. The van der Waals surface area contributed by atoms with E-state index in [4.69, 9.17) is 4.74 Å². The van der Waals surface area contributed by atoms with Crippen molar-refractivity contribution in [3.05, 3.63) is 57.8 Å². The second-order valence-electron chi connectivity index (χ2n) is 6.03. The summed E-state index contributed by atoms with van der Waals surface area (Å²) >= 11 is 3.45. The predicted octanol–water partition coefficient (Wildman–Crippen LogP) is 3.10. The molecule has 3 rings (SSSR count). The largest absolute Gasteiger partial charge is 0.460 e. The highest BCUT2D eigenvalue weighted by atomic mass is 79.9. The summed E-state index contributed by atoms with van der Waals surface area (Å²) in [7, 11) is 0. The van der Waals surface area contributed by atoms with E-state index in [0.29, 0.717) is 17.8 Å². The minimum atomic E-state index is -1.53. The number of hydrogen-bond acceptors (Lipinski definition) is 4. The average Bonchev–Trinajstić information content (AvgIpc) is 2.53. The number of amides is 1. The number of nitrogens with one attached hydrogen (secondary N) is 1. The monoisotopic (exact) mass is 393 g/mol. The molecule has 0 spiro atoms. The van der Waals surface area contributed by atoms with Gasteiger partial charge in [-0.2, -0.15) is 0 Å². The van der Waals surface area contributed by atoms with Crippen molar-refractivity contribution in [2.45, 2.75) is 38.6 Å². The highest BCUT2D eigenvalue weighted by Gasteiger charge is 2.42. The van der Waals surface area contributed by atoms with Gasteiger partial charge in [-0.05, 0) is 25.0 Å². The Morgan fingerprint density at radius 2 is 2.17 bits per heavy atom. The molecular formula is C17H17BrFN3O2. The molecule has 1 aliphatic heterocycles. The smallest absolute Gasteiger partial charge is 0.251 e. The summed E-state index contributed by atoms with van der Waals surface area (Å²) in [4.78, 5) is 20.6. The average molecular weight is 394 g/mol. The molecule has 0 bridgehead atoms. The van der Waals surface area contributed by atoms with E-state index >= 15 is 0 Å². The maximum atomic E-state index is 13.6. The van der Waals surface area contributed by atoms with Crippen LogP contribution in [-0.2, 0) is 16.0 Å². The van der Waals surface area contributed by atoms with Gasteiger partial charge in [0.2, 0.25) is 6.36 Å². The molecule has 0 saturated carbocycles. The molecule has 0 fully saturated rings. The molecule has 126 valence electrons. The van der Waals surface area contributed by atoms with E-state index in [-0.39, 0.29) is 12.3 Å². The summed E-state index contributed by atoms with van der Waals surface area (Å²) in [5.74, 6) is 0.0331. The van der Waals surface area contributed by atoms with Crippen molar-refractivity contribution in [3.63, 3.8) is 0 Å². The molecule has 24 heavy (non-hydrogen) atoms. The molecule has 2 atom stereocenters. The number of halogens is 2. The number of carbonyl (C=O) groups is 1. The summed E-state index contributed by atoms with van der Waals surface area (Å²) in [6.07, 6.45) is 7.85. The van der Waals surface area contributed by atoms with Gasteiger partial charge in [-0.3, -0.25) is 4.79 Å². The molecule has 7 heteroatoms. The first kappa shape index (κ1) is 16.8. The van der Waals surface area contributed by atoms with Gasteiger partial charge < -0.3 is 10.1 Å². The summed E-state index contributed by atoms with van der Waals surface area (Å²) in [5.41, 5.74) is 1.27. The minimum Gasteiger partial charge on any atom is -0.460 e. The first-order valence-corrected chi connectivity index (χ1v) is 8.37. The Balaban J connectivity index is 2.10. The summed E-state index contributed by atoms with van der Waals surface area (Å²) < 4.78 is 19.9. The minimum absolute atomic E-state index is 0.263. The fourth-order valence-corrected chi connectivity index (χ4v) is 3.27. The van der Waals surface area contributed by atoms with Gasteiger partial charge in [0, 0.05) is 35.8 Å². The number of alkyl halides is 1. The Labute approximate surface area is 147 Å². The summed E-state index contributed by atoms with van der Waals surface area (Å²) in [6.45, 7) is 3.20. The molecule has 1 aromatic heterocycles. The molecule has 2 aliphatic rings. The predicted molar refractivity (Wildman–Crippen MR) is 90.7 cm³/mol. The van der Waals surface area contributed by atoms with Gasteiger partial charge in [-0.25, -0.2) is 14.4 Å². The van der Waals surface area contributed by atoms with Gasteiger partial charge in [0.25, 0.3) is 5.91 Å². The van der Waals surface area contributed by atoms with Crippen molar-refractivity contribution in [1.82, 2.24) is 15.3 Å². The Morgan fingerprint density at radius 1 is 1.46 bits per heavy atom. The molecule has 1 amide bonds. The van der Waals surface area contributed by atoms with Crippen molar-refractivity contribution in [2.24, 2.45) is 0 Å². The SMILES string of the molecule is CC(F)OC1=C(Cc2cncnc2)C(=O)NC2(C)CC=C(Br)C=C12. The third-order valence-electron chi connectivity index (χ3n) is 4.04. The number of ether oxygens (including phenoxy) is 1. The quantitative estimate of drug-likeness (QED) is 0.853. The number of carbonyl (C=O) groups excluding carboxylic acids is 1. The van der Waals surface area contributed by atoms with Gasteiger partial charge in [-0.15, -0.1) is 0 Å². The van der Waals surface area contributed by atoms with Crippen LogP contribution in [-0.4, -0.2) is 27.8 Å². The fraction of sp³-hybridized carbons (Fsp3) is 0.353. The van der Waals surface area contributed by atoms with Crippen LogP contribution in [0.2, 0.25) is 0 Å². The van der Waals surface area contributed by atoms with E-state index in [2.05, 4.69) is 31.2 Å². The summed E-state index contributed by atoms with van der Waals surface area (Å²) in [6, 6.07) is 0. The molecule has 1 aliphatic carbocycles. The van der Waals surface area contributed by atoms with Crippen LogP contribution < -0.4 is 5.32 Å². The zero-order valence-corrected chi connectivity index (χ0v) is 14.9. The molecule has 2 unspecified atom stereocenters. The van der Waals surface area contributed by atoms with E-state index < -0.39 is 11.9 Å². The van der Waals surface area contributed by atoms with E-state index in [1.165, 1.54) is 13.3 Å². The number of nitrogens with zero attached hydrogens (tertiary/aromatic N) is 2. The van der Waals surface area contributed by atoms with Crippen LogP contribution >= 0.6 is 15.9 Å². The van der Waals surface area contributed by atoms with Crippen LogP contribution in [0.25, 0.3) is 0 Å². The molecule has 1 N–H and O–H groups in total. The summed E-state index contributed by atoms with van der Waals surface area (Å²) in [5, 5.41) is 3.02. The number of rotatable bonds is 4. The van der Waals surface area contributed by atoms with Gasteiger partial charge in [0.15, 0.2) is 0 Å². The third kappa shape index (κ3) is 3.26. The fourth-order valence-electron chi connectivity index (χ4n) is 2.88. The van der Waals surface area contributed by atoms with Crippen molar-refractivity contribution < 1.29 is 13.9 Å². The Hall–Kier alpha value is -2.02. The second-order valence-corrected chi connectivity index (χ2v) is 6.95. The number of fused-ring (bicyclic) bond motifs is 1. The Bertz CT molecular complexity index is 758. The molecule has 5 nitrogen and oxygen atoms in total. The zero-order valence-electron chi connectivity index (χ0n) is 13.3. The number of allylic oxidation sites excluding steroid dienone is 2. The first-order valence-electron chi connectivity index (χ1n) is 7.57.